The molecule has 0 amide bonds. The van der Waals surface area contributed by atoms with Gasteiger partial charge in [0.25, 0.3) is 0 Å². The minimum Gasteiger partial charge on any atom is -0.482 e. The van der Waals surface area contributed by atoms with E-state index in [1.807, 2.05) is 6.07 Å². The maximum atomic E-state index is 13.1. The fraction of sp³-hybridized carbons (Fsp3) is 0.208. The van der Waals surface area contributed by atoms with Crippen LogP contribution in [-0.4, -0.2) is 31.1 Å². The summed E-state index contributed by atoms with van der Waals surface area (Å²) in [4.78, 5) is 15.2. The van der Waals surface area contributed by atoms with Crippen molar-refractivity contribution in [3.05, 3.63) is 77.5 Å². The molecule has 1 atom stereocenters. The molecule has 0 saturated heterocycles. The van der Waals surface area contributed by atoms with Gasteiger partial charge in [-0.05, 0) is 60.7 Å². The van der Waals surface area contributed by atoms with Gasteiger partial charge in [-0.25, -0.2) is 17.9 Å². The Hall–Kier alpha value is -3.74. The number of nitrogens with zero attached hydrogens (tertiary/aromatic N) is 2. The van der Waals surface area contributed by atoms with E-state index in [1.54, 1.807) is 42.5 Å². The quantitative estimate of drug-likeness (QED) is 0.549. The van der Waals surface area contributed by atoms with Crippen molar-refractivity contribution < 1.29 is 23.1 Å². The molecule has 4 rings (SSSR count). The number of nitrogens with one attached hydrogen (secondary N) is 1. The van der Waals surface area contributed by atoms with Crippen molar-refractivity contribution in [2.45, 2.75) is 30.2 Å². The first-order chi connectivity index (χ1) is 15.9. The molecule has 1 aromatic heterocycles. The van der Waals surface area contributed by atoms with Gasteiger partial charge in [-0.15, -0.1) is 0 Å². The average molecular weight is 464 g/mol. The van der Waals surface area contributed by atoms with Gasteiger partial charge in [-0.1, -0.05) is 24.3 Å². The predicted molar refractivity (Wildman–Crippen MR) is 120 cm³/mol. The van der Waals surface area contributed by atoms with Crippen LogP contribution in [0.3, 0.4) is 0 Å². The second-order valence-corrected chi connectivity index (χ2v) is 9.36. The van der Waals surface area contributed by atoms with Gasteiger partial charge in [-0.3, -0.25) is 4.98 Å². The Bertz CT molecular complexity index is 1330. The summed E-state index contributed by atoms with van der Waals surface area (Å²) in [7, 11) is -3.85. The molecule has 2 N–H and O–H groups in total. The first kappa shape index (κ1) is 22.5. The lowest BCUT2D eigenvalue weighted by Gasteiger charge is -2.27. The molecular formula is C24H21N3O5S. The molecule has 0 radical (unpaired) electrons. The summed E-state index contributed by atoms with van der Waals surface area (Å²) in [5.74, 6) is -0.611. The van der Waals surface area contributed by atoms with E-state index in [0.29, 0.717) is 29.8 Å². The Labute approximate surface area is 191 Å². The maximum Gasteiger partial charge on any atom is 0.341 e. The first-order valence-electron chi connectivity index (χ1n) is 10.3. The van der Waals surface area contributed by atoms with Gasteiger partial charge >= 0.3 is 5.97 Å². The predicted octanol–water partition coefficient (Wildman–Crippen LogP) is 3.44. The molecule has 33 heavy (non-hydrogen) atoms. The molecule has 3 aromatic rings. The van der Waals surface area contributed by atoms with Crippen molar-refractivity contribution in [3.63, 3.8) is 0 Å². The molecule has 0 aliphatic heterocycles. The van der Waals surface area contributed by atoms with Crippen molar-refractivity contribution >= 4 is 16.0 Å². The Morgan fingerprint density at radius 1 is 1.21 bits per heavy atom. The van der Waals surface area contributed by atoms with E-state index in [4.69, 9.17) is 15.1 Å². The molecule has 1 heterocycles. The molecule has 1 unspecified atom stereocenters. The van der Waals surface area contributed by atoms with Crippen molar-refractivity contribution in [3.8, 4) is 23.1 Å². The van der Waals surface area contributed by atoms with E-state index < -0.39 is 28.6 Å². The standard InChI is InChI=1S/C24H21N3O5S/c25-13-16-4-1-5-17(12-16)21-11-10-18(14-26-21)33(30,31)27-22-8-2-7-20-19(22)6-3-9-23(20)32-15-24(28)29/h1,3-6,9-12,14,22,27H,2,7-8,15H2,(H,28,29). The van der Waals surface area contributed by atoms with Crippen LogP contribution >= 0.6 is 0 Å². The monoisotopic (exact) mass is 463 g/mol. The number of aromatic nitrogens is 1. The van der Waals surface area contributed by atoms with Gasteiger partial charge in [-0.2, -0.15) is 5.26 Å². The highest BCUT2D eigenvalue weighted by atomic mass is 32.2. The van der Waals surface area contributed by atoms with Crippen LogP contribution in [0, 0.1) is 11.3 Å². The van der Waals surface area contributed by atoms with Crippen molar-refractivity contribution in [1.82, 2.24) is 9.71 Å². The van der Waals surface area contributed by atoms with Crippen LogP contribution in [-0.2, 0) is 21.2 Å². The molecule has 1 aliphatic carbocycles. The summed E-state index contributed by atoms with van der Waals surface area (Å²) in [5.41, 5.74) is 3.39. The first-order valence-corrected chi connectivity index (χ1v) is 11.8. The number of nitriles is 1. The van der Waals surface area contributed by atoms with Crippen molar-refractivity contribution in [2.24, 2.45) is 0 Å². The Kier molecular flexibility index (Phi) is 6.40. The van der Waals surface area contributed by atoms with Gasteiger partial charge in [0, 0.05) is 17.8 Å². The van der Waals surface area contributed by atoms with Gasteiger partial charge < -0.3 is 9.84 Å². The molecule has 0 fully saturated rings. The molecule has 0 saturated carbocycles. The van der Waals surface area contributed by atoms with Gasteiger partial charge in [0.15, 0.2) is 6.61 Å². The molecule has 8 nitrogen and oxygen atoms in total. The van der Waals surface area contributed by atoms with Crippen molar-refractivity contribution in [2.75, 3.05) is 6.61 Å². The summed E-state index contributed by atoms with van der Waals surface area (Å²) in [6, 6.07) is 16.9. The van der Waals surface area contributed by atoms with Gasteiger partial charge in [0.05, 0.1) is 17.3 Å². The number of carboxylic acids is 1. The topological polar surface area (TPSA) is 129 Å². The van der Waals surface area contributed by atoms with E-state index in [-0.39, 0.29) is 4.90 Å². The van der Waals surface area contributed by atoms with Crippen molar-refractivity contribution in [1.29, 1.82) is 5.26 Å². The number of carboxylic acid groups (broad SMARTS) is 1. The lowest BCUT2D eigenvalue weighted by molar-refractivity contribution is -0.139. The highest BCUT2D eigenvalue weighted by molar-refractivity contribution is 7.89. The largest absolute Gasteiger partial charge is 0.482 e. The van der Waals surface area contributed by atoms with Crippen LogP contribution in [0.1, 0.15) is 35.6 Å². The van der Waals surface area contributed by atoms with Crippen LogP contribution < -0.4 is 9.46 Å². The summed E-state index contributed by atoms with van der Waals surface area (Å²) >= 11 is 0. The van der Waals surface area contributed by atoms with Crippen LogP contribution in [0.15, 0.2) is 65.7 Å². The van der Waals surface area contributed by atoms with E-state index in [2.05, 4.69) is 15.8 Å². The summed E-state index contributed by atoms with van der Waals surface area (Å²) in [5, 5.41) is 18.0. The fourth-order valence-corrected chi connectivity index (χ4v) is 5.12. The van der Waals surface area contributed by atoms with Crippen LogP contribution in [0.5, 0.6) is 5.75 Å². The van der Waals surface area contributed by atoms with E-state index >= 15 is 0 Å². The zero-order valence-corrected chi connectivity index (χ0v) is 18.4. The van der Waals surface area contributed by atoms with Crippen LogP contribution in [0.25, 0.3) is 11.3 Å². The second-order valence-electron chi connectivity index (χ2n) is 7.64. The maximum absolute atomic E-state index is 13.1. The summed E-state index contributed by atoms with van der Waals surface area (Å²) in [6.45, 7) is -0.456. The van der Waals surface area contributed by atoms with Gasteiger partial charge in [0.2, 0.25) is 10.0 Å². The number of rotatable bonds is 7. The SMILES string of the molecule is N#Cc1cccc(-c2ccc(S(=O)(=O)NC3CCCc4c(OCC(=O)O)cccc43)cn2)c1. The summed E-state index contributed by atoms with van der Waals surface area (Å²) in [6.07, 6.45) is 3.33. The second kappa shape index (κ2) is 9.40. The highest BCUT2D eigenvalue weighted by Gasteiger charge is 2.28. The van der Waals surface area contributed by atoms with Crippen LogP contribution in [0.2, 0.25) is 0 Å². The zero-order valence-electron chi connectivity index (χ0n) is 17.6. The van der Waals surface area contributed by atoms with E-state index in [1.165, 1.54) is 12.3 Å². The molecule has 2 aromatic carbocycles. The average Bonchev–Trinajstić information content (AvgIpc) is 2.83. The number of carbonyl (C=O) groups is 1. The summed E-state index contributed by atoms with van der Waals surface area (Å²) < 4.78 is 34.3. The minimum absolute atomic E-state index is 0.0353. The molecule has 0 spiro atoms. The Balaban J connectivity index is 1.56. The fourth-order valence-electron chi connectivity index (χ4n) is 3.93. The Morgan fingerprint density at radius 2 is 2.03 bits per heavy atom. The number of hydrogen-bond donors (Lipinski definition) is 2. The number of ether oxygens (including phenoxy) is 1. The van der Waals surface area contributed by atoms with Crippen LogP contribution in [0.4, 0.5) is 0 Å². The Morgan fingerprint density at radius 3 is 2.76 bits per heavy atom. The minimum atomic E-state index is -3.85. The van der Waals surface area contributed by atoms with Gasteiger partial charge in [0.1, 0.15) is 10.6 Å². The molecule has 168 valence electrons. The van der Waals surface area contributed by atoms with E-state index in [9.17, 15) is 13.2 Å². The lowest BCUT2D eigenvalue weighted by Crippen LogP contribution is -2.31. The number of fused-ring (bicyclic) bond motifs is 1. The number of aliphatic carboxylic acids is 1. The third-order valence-corrected chi connectivity index (χ3v) is 6.90. The molecule has 1 aliphatic rings. The number of pyridine rings is 1. The molecule has 0 bridgehead atoms. The zero-order chi connectivity index (χ0) is 23.4. The molecular weight excluding hydrogens is 442 g/mol. The number of hydrogen-bond acceptors (Lipinski definition) is 6. The normalized spacial score (nSPS) is 15.3. The third-order valence-electron chi connectivity index (χ3n) is 5.45. The lowest BCUT2D eigenvalue weighted by atomic mass is 9.87. The highest BCUT2D eigenvalue weighted by Crippen LogP contribution is 2.36. The van der Waals surface area contributed by atoms with E-state index in [0.717, 1.165) is 23.1 Å². The third kappa shape index (κ3) is 5.03. The molecule has 9 heteroatoms. The number of sulfonamides is 1. The smallest absolute Gasteiger partial charge is 0.341 e. The number of benzene rings is 2.